The Hall–Kier alpha value is -2.06. The lowest BCUT2D eigenvalue weighted by atomic mass is 9.93. The molecule has 2 heteroatoms. The number of hydrogen-bond donors (Lipinski definition) is 0. The Morgan fingerprint density at radius 1 is 0.958 bits per heavy atom. The zero-order chi connectivity index (χ0) is 17.2. The van der Waals surface area contributed by atoms with Crippen LogP contribution >= 0.6 is 0 Å². The van der Waals surface area contributed by atoms with Crippen LogP contribution in [0.15, 0.2) is 54.3 Å². The van der Waals surface area contributed by atoms with E-state index in [2.05, 4.69) is 69.3 Å². The second-order valence-corrected chi connectivity index (χ2v) is 7.12. The minimum Gasteiger partial charge on any atom is -0.493 e. The number of hydrogen-bond acceptors (Lipinski definition) is 2. The zero-order valence-electron chi connectivity index (χ0n) is 15.1. The van der Waals surface area contributed by atoms with Gasteiger partial charge < -0.3 is 9.47 Å². The van der Waals surface area contributed by atoms with E-state index in [0.717, 1.165) is 11.3 Å². The quantitative estimate of drug-likeness (QED) is 0.617. The van der Waals surface area contributed by atoms with Gasteiger partial charge in [-0.1, -0.05) is 56.3 Å². The number of ether oxygens (including phenoxy) is 2. The molecule has 2 aromatic rings. The molecule has 0 N–H and O–H groups in total. The van der Waals surface area contributed by atoms with E-state index in [-0.39, 0.29) is 5.41 Å². The van der Waals surface area contributed by atoms with E-state index in [1.165, 1.54) is 21.9 Å². The van der Waals surface area contributed by atoms with E-state index in [0.29, 0.717) is 19.8 Å². The number of benzene rings is 2. The van der Waals surface area contributed by atoms with Crippen LogP contribution < -0.4 is 0 Å². The van der Waals surface area contributed by atoms with Crippen molar-refractivity contribution in [1.29, 1.82) is 0 Å². The summed E-state index contributed by atoms with van der Waals surface area (Å²) in [5.74, 6) is 0.940. The van der Waals surface area contributed by atoms with Gasteiger partial charge in [0.1, 0.15) is 5.76 Å². The lowest BCUT2D eigenvalue weighted by Crippen LogP contribution is -2.25. The molecular weight excluding hydrogens is 296 g/mol. The summed E-state index contributed by atoms with van der Waals surface area (Å²) >= 11 is 0. The predicted octanol–water partition coefficient (Wildman–Crippen LogP) is 5.72. The van der Waals surface area contributed by atoms with Crippen LogP contribution in [-0.4, -0.2) is 13.2 Å². The van der Waals surface area contributed by atoms with Crippen molar-refractivity contribution in [2.24, 2.45) is 5.41 Å². The van der Waals surface area contributed by atoms with E-state index in [1.807, 2.05) is 6.92 Å². The summed E-state index contributed by atoms with van der Waals surface area (Å²) in [5.41, 5.74) is 3.56. The second kappa shape index (κ2) is 6.82. The molecule has 0 unspecified atom stereocenters. The van der Waals surface area contributed by atoms with Crippen LogP contribution in [-0.2, 0) is 16.1 Å². The standard InChI is InChI=1S/C22H26O2/c1-5-18-19-12-8-10-16-9-7-11-17(21(16)19)13-23-14-22(3,4)15-24-20(18)6-2/h5-12H,13-15H2,1-4H3/b18-5-,20-6+. The maximum absolute atomic E-state index is 6.20. The zero-order valence-corrected chi connectivity index (χ0v) is 15.1. The minimum atomic E-state index is -0.0302. The maximum atomic E-state index is 6.20. The first kappa shape index (κ1) is 16.8. The molecule has 1 heterocycles. The normalized spacial score (nSPS) is 21.5. The second-order valence-electron chi connectivity index (χ2n) is 7.12. The van der Waals surface area contributed by atoms with E-state index < -0.39 is 0 Å². The van der Waals surface area contributed by atoms with Crippen molar-refractivity contribution in [3.8, 4) is 0 Å². The number of allylic oxidation sites excluding steroid dienone is 3. The molecule has 0 spiro atoms. The Kier molecular flexibility index (Phi) is 4.77. The highest BCUT2D eigenvalue weighted by Gasteiger charge is 2.23. The van der Waals surface area contributed by atoms with Gasteiger partial charge in [-0.2, -0.15) is 0 Å². The molecule has 2 aromatic carbocycles. The summed E-state index contributed by atoms with van der Waals surface area (Å²) in [6, 6.07) is 12.9. The first-order valence-electron chi connectivity index (χ1n) is 8.60. The molecule has 0 atom stereocenters. The average Bonchev–Trinajstić information content (AvgIpc) is 2.59. The Balaban J connectivity index is 2.23. The van der Waals surface area contributed by atoms with Crippen LogP contribution in [0.3, 0.4) is 0 Å². The van der Waals surface area contributed by atoms with Crippen molar-refractivity contribution in [1.82, 2.24) is 0 Å². The summed E-state index contributed by atoms with van der Waals surface area (Å²) in [6.07, 6.45) is 4.21. The maximum Gasteiger partial charge on any atom is 0.122 e. The molecule has 24 heavy (non-hydrogen) atoms. The van der Waals surface area contributed by atoms with Crippen LogP contribution in [0.25, 0.3) is 16.3 Å². The smallest absolute Gasteiger partial charge is 0.122 e. The third-order valence-corrected chi connectivity index (χ3v) is 4.47. The van der Waals surface area contributed by atoms with Gasteiger partial charge in [-0.3, -0.25) is 0 Å². The van der Waals surface area contributed by atoms with Gasteiger partial charge in [0.05, 0.1) is 19.8 Å². The van der Waals surface area contributed by atoms with Gasteiger partial charge in [0.25, 0.3) is 0 Å². The molecule has 0 fully saturated rings. The molecule has 0 aliphatic carbocycles. The van der Waals surface area contributed by atoms with Gasteiger partial charge in [0.2, 0.25) is 0 Å². The monoisotopic (exact) mass is 322 g/mol. The highest BCUT2D eigenvalue weighted by Crippen LogP contribution is 2.34. The van der Waals surface area contributed by atoms with Crippen LogP contribution in [0.2, 0.25) is 0 Å². The van der Waals surface area contributed by atoms with E-state index in [1.54, 1.807) is 0 Å². The Labute approximate surface area is 144 Å². The highest BCUT2D eigenvalue weighted by molar-refractivity contribution is 5.98. The van der Waals surface area contributed by atoms with Crippen LogP contribution in [0.4, 0.5) is 0 Å². The van der Waals surface area contributed by atoms with E-state index in [4.69, 9.17) is 9.47 Å². The van der Waals surface area contributed by atoms with Crippen molar-refractivity contribution < 1.29 is 9.47 Å². The molecule has 1 aliphatic rings. The number of rotatable bonds is 0. The van der Waals surface area contributed by atoms with Crippen molar-refractivity contribution >= 4 is 16.3 Å². The SMILES string of the molecule is C/C=C1\C(=C/C)OCC(C)(C)COCc2cccc3cccc1c23. The summed E-state index contributed by atoms with van der Waals surface area (Å²) in [5, 5.41) is 2.50. The molecule has 0 saturated carbocycles. The fraction of sp³-hybridized carbons (Fsp3) is 0.364. The fourth-order valence-corrected chi connectivity index (χ4v) is 3.26. The van der Waals surface area contributed by atoms with E-state index in [9.17, 15) is 0 Å². The van der Waals surface area contributed by atoms with Gasteiger partial charge in [0, 0.05) is 11.0 Å². The molecule has 0 amide bonds. The van der Waals surface area contributed by atoms with Crippen molar-refractivity contribution in [3.63, 3.8) is 0 Å². The van der Waals surface area contributed by atoms with Crippen molar-refractivity contribution in [2.75, 3.05) is 13.2 Å². The van der Waals surface area contributed by atoms with Crippen LogP contribution in [0.5, 0.6) is 0 Å². The largest absolute Gasteiger partial charge is 0.493 e. The summed E-state index contributed by atoms with van der Waals surface area (Å²) in [6.45, 7) is 10.4. The third kappa shape index (κ3) is 3.25. The highest BCUT2D eigenvalue weighted by atomic mass is 16.5. The van der Waals surface area contributed by atoms with Crippen molar-refractivity contribution in [2.45, 2.75) is 34.3 Å². The lowest BCUT2D eigenvalue weighted by molar-refractivity contribution is 0.0125. The fourth-order valence-electron chi connectivity index (χ4n) is 3.26. The molecule has 3 rings (SSSR count). The third-order valence-electron chi connectivity index (χ3n) is 4.47. The van der Waals surface area contributed by atoms with Gasteiger partial charge in [-0.15, -0.1) is 0 Å². The molecule has 2 nitrogen and oxygen atoms in total. The van der Waals surface area contributed by atoms with Crippen LogP contribution in [0, 0.1) is 5.41 Å². The first-order chi connectivity index (χ1) is 11.6. The molecule has 0 aromatic heterocycles. The lowest BCUT2D eigenvalue weighted by Gasteiger charge is -2.25. The molecule has 0 bridgehead atoms. The Bertz CT molecular complexity index is 791. The molecule has 1 aliphatic heterocycles. The predicted molar refractivity (Wildman–Crippen MR) is 101 cm³/mol. The Morgan fingerprint density at radius 3 is 2.42 bits per heavy atom. The topological polar surface area (TPSA) is 18.5 Å². The average molecular weight is 322 g/mol. The molecule has 0 saturated heterocycles. The summed E-state index contributed by atoms with van der Waals surface area (Å²) in [7, 11) is 0. The van der Waals surface area contributed by atoms with Gasteiger partial charge in [-0.25, -0.2) is 0 Å². The summed E-state index contributed by atoms with van der Waals surface area (Å²) in [4.78, 5) is 0. The van der Waals surface area contributed by atoms with Gasteiger partial charge in [0.15, 0.2) is 0 Å². The summed E-state index contributed by atoms with van der Waals surface area (Å²) < 4.78 is 12.2. The van der Waals surface area contributed by atoms with Crippen molar-refractivity contribution in [3.05, 3.63) is 65.4 Å². The Morgan fingerprint density at radius 2 is 1.71 bits per heavy atom. The first-order valence-corrected chi connectivity index (χ1v) is 8.60. The van der Waals surface area contributed by atoms with Gasteiger partial charge in [-0.05, 0) is 41.8 Å². The molecule has 0 radical (unpaired) electrons. The van der Waals surface area contributed by atoms with Crippen LogP contribution in [0.1, 0.15) is 38.8 Å². The van der Waals surface area contributed by atoms with E-state index >= 15 is 0 Å². The minimum absolute atomic E-state index is 0.0302. The molecule has 126 valence electrons. The van der Waals surface area contributed by atoms with Gasteiger partial charge >= 0.3 is 0 Å². The molecular formula is C22H26O2.